The van der Waals surface area contributed by atoms with Gasteiger partial charge in [0.15, 0.2) is 0 Å². The summed E-state index contributed by atoms with van der Waals surface area (Å²) in [6.45, 7) is 5.34. The van der Waals surface area contributed by atoms with Crippen molar-refractivity contribution in [2.45, 2.75) is 19.8 Å². The fourth-order valence-corrected chi connectivity index (χ4v) is 2.42. The standard InChI is InChI=1S/C14H21N3O3/c1-2-20-14-8-12(7-13(9-14)17(18)19)16-6-4-11-3-5-15-10-11/h7-9,11,15-16H,2-6,10H2,1H3. The maximum absolute atomic E-state index is 10.9. The number of nitro groups is 1. The molecule has 1 heterocycles. The van der Waals surface area contributed by atoms with Gasteiger partial charge in [0.25, 0.3) is 5.69 Å². The van der Waals surface area contributed by atoms with Crippen molar-refractivity contribution in [2.24, 2.45) is 5.92 Å². The molecule has 0 amide bonds. The van der Waals surface area contributed by atoms with Crippen LogP contribution in [0.2, 0.25) is 0 Å². The average molecular weight is 279 g/mol. The third-order valence-electron chi connectivity index (χ3n) is 3.46. The lowest BCUT2D eigenvalue weighted by Crippen LogP contribution is -2.12. The molecule has 0 aliphatic carbocycles. The molecule has 1 unspecified atom stereocenters. The molecule has 2 rings (SSSR count). The number of nitrogens with zero attached hydrogens (tertiary/aromatic N) is 1. The van der Waals surface area contributed by atoms with Crippen LogP contribution in [0, 0.1) is 16.0 Å². The lowest BCUT2D eigenvalue weighted by Gasteiger charge is -2.11. The number of non-ortho nitro benzene ring substituents is 1. The molecule has 0 aromatic heterocycles. The summed E-state index contributed by atoms with van der Waals surface area (Å²) in [7, 11) is 0. The predicted octanol–water partition coefficient (Wildman–Crippen LogP) is 2.41. The summed E-state index contributed by atoms with van der Waals surface area (Å²) >= 11 is 0. The van der Waals surface area contributed by atoms with E-state index in [0.717, 1.165) is 31.7 Å². The molecular weight excluding hydrogens is 258 g/mol. The molecule has 20 heavy (non-hydrogen) atoms. The Balaban J connectivity index is 1.96. The van der Waals surface area contributed by atoms with Gasteiger partial charge in [0.2, 0.25) is 0 Å². The van der Waals surface area contributed by atoms with Crippen LogP contribution in [-0.2, 0) is 0 Å². The Morgan fingerprint density at radius 3 is 3.00 bits per heavy atom. The minimum absolute atomic E-state index is 0.0565. The number of hydrogen-bond acceptors (Lipinski definition) is 5. The molecule has 1 aromatic carbocycles. The zero-order valence-electron chi connectivity index (χ0n) is 11.7. The fourth-order valence-electron chi connectivity index (χ4n) is 2.42. The van der Waals surface area contributed by atoms with E-state index in [1.165, 1.54) is 12.5 Å². The van der Waals surface area contributed by atoms with Crippen molar-refractivity contribution in [2.75, 3.05) is 31.6 Å². The molecule has 1 fully saturated rings. The predicted molar refractivity (Wildman–Crippen MR) is 78.3 cm³/mol. The molecule has 0 bridgehead atoms. The summed E-state index contributed by atoms with van der Waals surface area (Å²) in [6, 6.07) is 4.81. The van der Waals surface area contributed by atoms with Crippen LogP contribution >= 0.6 is 0 Å². The Morgan fingerprint density at radius 2 is 2.35 bits per heavy atom. The van der Waals surface area contributed by atoms with E-state index >= 15 is 0 Å². The Hall–Kier alpha value is -1.82. The van der Waals surface area contributed by atoms with Crippen molar-refractivity contribution in [1.82, 2.24) is 5.32 Å². The van der Waals surface area contributed by atoms with Crippen LogP contribution in [-0.4, -0.2) is 31.2 Å². The van der Waals surface area contributed by atoms with Gasteiger partial charge >= 0.3 is 0 Å². The van der Waals surface area contributed by atoms with Gasteiger partial charge in [0, 0.05) is 24.4 Å². The Bertz CT molecular complexity index is 459. The third kappa shape index (κ3) is 4.09. The van der Waals surface area contributed by atoms with Gasteiger partial charge in [-0.05, 0) is 38.8 Å². The average Bonchev–Trinajstić information content (AvgIpc) is 2.92. The zero-order valence-corrected chi connectivity index (χ0v) is 11.7. The van der Waals surface area contributed by atoms with Gasteiger partial charge in [0.05, 0.1) is 17.6 Å². The summed E-state index contributed by atoms with van der Waals surface area (Å²) in [5.74, 6) is 1.24. The number of rotatable bonds is 7. The van der Waals surface area contributed by atoms with E-state index in [0.29, 0.717) is 18.3 Å². The molecule has 1 aliphatic heterocycles. The Morgan fingerprint density at radius 1 is 1.50 bits per heavy atom. The Labute approximate surface area is 118 Å². The topological polar surface area (TPSA) is 76.4 Å². The van der Waals surface area contributed by atoms with Crippen molar-refractivity contribution in [3.8, 4) is 5.75 Å². The SMILES string of the molecule is CCOc1cc(NCCC2CCNC2)cc([N+](=O)[O-])c1. The summed E-state index contributed by atoms with van der Waals surface area (Å²) in [5.41, 5.74) is 0.801. The van der Waals surface area contributed by atoms with Gasteiger partial charge in [-0.2, -0.15) is 0 Å². The molecule has 1 aromatic rings. The van der Waals surface area contributed by atoms with Crippen molar-refractivity contribution in [3.63, 3.8) is 0 Å². The van der Waals surface area contributed by atoms with E-state index in [4.69, 9.17) is 4.74 Å². The first-order valence-corrected chi connectivity index (χ1v) is 7.06. The van der Waals surface area contributed by atoms with Crippen molar-refractivity contribution < 1.29 is 9.66 Å². The number of anilines is 1. The number of nitro benzene ring substituents is 1. The molecule has 0 spiro atoms. The first-order valence-electron chi connectivity index (χ1n) is 7.06. The highest BCUT2D eigenvalue weighted by molar-refractivity contribution is 5.56. The monoisotopic (exact) mass is 279 g/mol. The maximum Gasteiger partial charge on any atom is 0.275 e. The van der Waals surface area contributed by atoms with Crippen molar-refractivity contribution in [1.29, 1.82) is 0 Å². The number of nitrogens with one attached hydrogen (secondary N) is 2. The van der Waals surface area contributed by atoms with Gasteiger partial charge in [-0.25, -0.2) is 0 Å². The molecule has 1 saturated heterocycles. The lowest BCUT2D eigenvalue weighted by molar-refractivity contribution is -0.384. The highest BCUT2D eigenvalue weighted by Crippen LogP contribution is 2.26. The zero-order chi connectivity index (χ0) is 14.4. The first-order chi connectivity index (χ1) is 9.69. The molecule has 110 valence electrons. The van der Waals surface area contributed by atoms with Gasteiger partial charge < -0.3 is 15.4 Å². The molecule has 0 saturated carbocycles. The minimum atomic E-state index is -0.394. The second kappa shape index (κ2) is 7.09. The number of hydrogen-bond donors (Lipinski definition) is 2. The van der Waals surface area contributed by atoms with E-state index in [-0.39, 0.29) is 5.69 Å². The van der Waals surface area contributed by atoms with Crippen LogP contribution in [0.1, 0.15) is 19.8 Å². The van der Waals surface area contributed by atoms with Gasteiger partial charge in [-0.15, -0.1) is 0 Å². The van der Waals surface area contributed by atoms with Crippen LogP contribution in [0.3, 0.4) is 0 Å². The van der Waals surface area contributed by atoms with E-state index in [9.17, 15) is 10.1 Å². The summed E-state index contributed by atoms with van der Waals surface area (Å²) < 4.78 is 5.36. The largest absolute Gasteiger partial charge is 0.494 e. The summed E-state index contributed by atoms with van der Waals surface area (Å²) in [4.78, 5) is 10.5. The minimum Gasteiger partial charge on any atom is -0.494 e. The van der Waals surface area contributed by atoms with E-state index in [1.54, 1.807) is 6.07 Å². The molecule has 1 atom stereocenters. The fraction of sp³-hybridized carbons (Fsp3) is 0.571. The molecule has 6 nitrogen and oxygen atoms in total. The van der Waals surface area contributed by atoms with Gasteiger partial charge in [-0.1, -0.05) is 0 Å². The van der Waals surface area contributed by atoms with E-state index < -0.39 is 4.92 Å². The van der Waals surface area contributed by atoms with Crippen LogP contribution in [0.25, 0.3) is 0 Å². The molecule has 1 aliphatic rings. The molecule has 6 heteroatoms. The highest BCUT2D eigenvalue weighted by Gasteiger charge is 2.14. The highest BCUT2D eigenvalue weighted by atomic mass is 16.6. The van der Waals surface area contributed by atoms with Gasteiger partial charge in [0.1, 0.15) is 5.75 Å². The molecule has 0 radical (unpaired) electrons. The van der Waals surface area contributed by atoms with Crippen molar-refractivity contribution >= 4 is 11.4 Å². The van der Waals surface area contributed by atoms with Crippen LogP contribution in [0.4, 0.5) is 11.4 Å². The van der Waals surface area contributed by atoms with Crippen LogP contribution in [0.5, 0.6) is 5.75 Å². The maximum atomic E-state index is 10.9. The first kappa shape index (κ1) is 14.6. The van der Waals surface area contributed by atoms with Crippen molar-refractivity contribution in [3.05, 3.63) is 28.3 Å². The van der Waals surface area contributed by atoms with E-state index in [2.05, 4.69) is 10.6 Å². The van der Waals surface area contributed by atoms with Gasteiger partial charge in [-0.3, -0.25) is 10.1 Å². The number of ether oxygens (including phenoxy) is 1. The quantitative estimate of drug-likeness (QED) is 0.592. The van der Waals surface area contributed by atoms with Crippen LogP contribution in [0.15, 0.2) is 18.2 Å². The second-order valence-electron chi connectivity index (χ2n) is 4.98. The summed E-state index contributed by atoms with van der Waals surface area (Å²) in [5, 5.41) is 17.5. The van der Waals surface area contributed by atoms with E-state index in [1.807, 2.05) is 13.0 Å². The number of benzene rings is 1. The lowest BCUT2D eigenvalue weighted by atomic mass is 10.1. The molecule has 2 N–H and O–H groups in total. The summed E-state index contributed by atoms with van der Waals surface area (Å²) in [6.07, 6.45) is 2.28. The second-order valence-corrected chi connectivity index (χ2v) is 4.98. The smallest absolute Gasteiger partial charge is 0.275 e. The molecular formula is C14H21N3O3. The Kier molecular flexibility index (Phi) is 5.17. The normalized spacial score (nSPS) is 17.9. The van der Waals surface area contributed by atoms with Crippen LogP contribution < -0.4 is 15.4 Å². The third-order valence-corrected chi connectivity index (χ3v) is 3.46.